The third kappa shape index (κ3) is 2.59. The summed E-state index contributed by atoms with van der Waals surface area (Å²) < 4.78 is 26.1. The fraction of sp³-hybridized carbons (Fsp3) is 0.545. The molecule has 0 bridgehead atoms. The first-order valence-electron chi connectivity index (χ1n) is 5.31. The molecule has 16 heavy (non-hydrogen) atoms. The predicted molar refractivity (Wildman–Crippen MR) is 63.5 cm³/mol. The maximum Gasteiger partial charge on any atom is 0.245 e. The van der Waals surface area contributed by atoms with Crippen LogP contribution in [0.4, 0.5) is 0 Å². The summed E-state index contributed by atoms with van der Waals surface area (Å²) in [5, 5.41) is 0. The zero-order chi connectivity index (χ0) is 12.3. The molecule has 0 aliphatic carbocycles. The maximum absolute atomic E-state index is 12.3. The highest BCUT2D eigenvalue weighted by molar-refractivity contribution is 7.89. The van der Waals surface area contributed by atoms with Gasteiger partial charge in [-0.2, -0.15) is 4.31 Å². The monoisotopic (exact) mass is 242 g/mol. The van der Waals surface area contributed by atoms with Crippen LogP contribution in [0.5, 0.6) is 0 Å². The first-order valence-corrected chi connectivity index (χ1v) is 6.75. The normalized spacial score (nSPS) is 12.7. The van der Waals surface area contributed by atoms with Crippen molar-refractivity contribution in [2.75, 3.05) is 0 Å². The van der Waals surface area contributed by atoms with Gasteiger partial charge in [-0.15, -0.1) is 0 Å². The Hall–Kier alpha value is -0.940. The minimum atomic E-state index is -3.43. The summed E-state index contributed by atoms with van der Waals surface area (Å²) in [5.74, 6) is 0. The van der Waals surface area contributed by atoms with Gasteiger partial charge >= 0.3 is 0 Å². The molecule has 0 saturated carbocycles. The molecule has 0 N–H and O–H groups in total. The van der Waals surface area contributed by atoms with Gasteiger partial charge in [0.25, 0.3) is 0 Å². The van der Waals surface area contributed by atoms with E-state index in [9.17, 15) is 8.42 Å². The summed E-state index contributed by atoms with van der Waals surface area (Å²) in [6.07, 6.45) is 2.95. The maximum atomic E-state index is 12.3. The fourth-order valence-electron chi connectivity index (χ4n) is 1.77. The highest BCUT2D eigenvalue weighted by Gasteiger charge is 2.29. The lowest BCUT2D eigenvalue weighted by Gasteiger charge is -2.29. The minimum Gasteiger partial charge on any atom is -0.263 e. The molecule has 5 heteroatoms. The Morgan fingerprint density at radius 1 is 1.19 bits per heavy atom. The lowest BCUT2D eigenvalue weighted by molar-refractivity contribution is 0.302. The lowest BCUT2D eigenvalue weighted by Crippen LogP contribution is -2.41. The topological polar surface area (TPSA) is 50.3 Å². The van der Waals surface area contributed by atoms with Crippen molar-refractivity contribution in [3.8, 4) is 0 Å². The molecule has 1 heterocycles. The summed E-state index contributed by atoms with van der Waals surface area (Å²) in [5.41, 5.74) is 0. The quantitative estimate of drug-likeness (QED) is 0.810. The summed E-state index contributed by atoms with van der Waals surface area (Å²) >= 11 is 0. The van der Waals surface area contributed by atoms with Crippen molar-refractivity contribution in [3.05, 3.63) is 24.5 Å². The van der Waals surface area contributed by atoms with E-state index >= 15 is 0 Å². The molecule has 0 aromatic carbocycles. The van der Waals surface area contributed by atoms with Crippen molar-refractivity contribution in [1.29, 1.82) is 0 Å². The van der Waals surface area contributed by atoms with Crippen LogP contribution in [0, 0.1) is 0 Å². The van der Waals surface area contributed by atoms with E-state index in [1.54, 1.807) is 18.3 Å². The molecule has 0 spiro atoms. The Kier molecular flexibility index (Phi) is 4.04. The minimum absolute atomic E-state index is 0.0646. The first-order chi connectivity index (χ1) is 7.37. The van der Waals surface area contributed by atoms with E-state index in [1.165, 1.54) is 10.5 Å². The highest BCUT2D eigenvalue weighted by Crippen LogP contribution is 2.19. The molecule has 90 valence electrons. The van der Waals surface area contributed by atoms with E-state index in [1.807, 2.05) is 27.7 Å². The molecule has 0 atom stereocenters. The molecular weight excluding hydrogens is 224 g/mol. The molecule has 0 unspecified atom stereocenters. The average molecular weight is 242 g/mol. The third-order valence-electron chi connectivity index (χ3n) is 2.23. The van der Waals surface area contributed by atoms with Gasteiger partial charge in [-0.1, -0.05) is 0 Å². The number of pyridine rings is 1. The summed E-state index contributed by atoms with van der Waals surface area (Å²) in [7, 11) is -3.43. The summed E-state index contributed by atoms with van der Waals surface area (Å²) in [6, 6.07) is 3.07. The molecule has 0 saturated heterocycles. The van der Waals surface area contributed by atoms with Crippen molar-refractivity contribution >= 4 is 10.0 Å². The van der Waals surface area contributed by atoms with Crippen LogP contribution in [0.2, 0.25) is 0 Å². The van der Waals surface area contributed by atoms with Gasteiger partial charge in [0.2, 0.25) is 10.0 Å². The van der Waals surface area contributed by atoms with Crippen molar-refractivity contribution in [2.45, 2.75) is 44.7 Å². The van der Waals surface area contributed by atoms with E-state index in [0.29, 0.717) is 0 Å². The van der Waals surface area contributed by atoms with Crippen LogP contribution in [0.15, 0.2) is 29.4 Å². The van der Waals surface area contributed by atoms with E-state index in [0.717, 1.165) is 0 Å². The molecule has 1 aromatic rings. The van der Waals surface area contributed by atoms with Crippen molar-refractivity contribution in [2.24, 2.45) is 0 Å². The molecule has 0 aliphatic heterocycles. The number of nitrogens with zero attached hydrogens (tertiary/aromatic N) is 2. The van der Waals surface area contributed by atoms with Crippen molar-refractivity contribution in [1.82, 2.24) is 9.29 Å². The van der Waals surface area contributed by atoms with Crippen LogP contribution >= 0.6 is 0 Å². The molecule has 0 fully saturated rings. The molecule has 0 amide bonds. The fourth-order valence-corrected chi connectivity index (χ4v) is 3.57. The van der Waals surface area contributed by atoms with Gasteiger partial charge in [0.1, 0.15) is 4.90 Å². The van der Waals surface area contributed by atoms with Gasteiger partial charge in [-0.3, -0.25) is 4.98 Å². The molecule has 4 nitrogen and oxygen atoms in total. The SMILES string of the molecule is CC(C)N(C(C)C)S(=O)(=O)c1cccnc1. The Bertz CT molecular complexity index is 419. The van der Waals surface area contributed by atoms with E-state index in [2.05, 4.69) is 4.98 Å². The van der Waals surface area contributed by atoms with Crippen LogP contribution in [0.1, 0.15) is 27.7 Å². The second-order valence-electron chi connectivity index (χ2n) is 4.21. The Balaban J connectivity index is 3.20. The van der Waals surface area contributed by atoms with Gasteiger partial charge < -0.3 is 0 Å². The lowest BCUT2D eigenvalue weighted by atomic mass is 10.3. The van der Waals surface area contributed by atoms with Gasteiger partial charge in [0, 0.05) is 24.5 Å². The average Bonchev–Trinajstić information content (AvgIpc) is 2.17. The van der Waals surface area contributed by atoms with Crippen LogP contribution in [0.25, 0.3) is 0 Å². The van der Waals surface area contributed by atoms with Crippen LogP contribution in [-0.2, 0) is 10.0 Å². The van der Waals surface area contributed by atoms with Gasteiger partial charge in [-0.25, -0.2) is 8.42 Å². The largest absolute Gasteiger partial charge is 0.263 e. The van der Waals surface area contributed by atoms with Crippen LogP contribution in [-0.4, -0.2) is 29.8 Å². The van der Waals surface area contributed by atoms with Crippen LogP contribution < -0.4 is 0 Å². The molecule has 1 aromatic heterocycles. The van der Waals surface area contributed by atoms with Gasteiger partial charge in [-0.05, 0) is 39.8 Å². The molecule has 1 rings (SSSR count). The number of sulfonamides is 1. The smallest absolute Gasteiger partial charge is 0.245 e. The first kappa shape index (κ1) is 13.1. The van der Waals surface area contributed by atoms with Crippen LogP contribution in [0.3, 0.4) is 0 Å². The van der Waals surface area contributed by atoms with Crippen molar-refractivity contribution < 1.29 is 8.42 Å². The van der Waals surface area contributed by atoms with E-state index in [-0.39, 0.29) is 17.0 Å². The number of hydrogen-bond donors (Lipinski definition) is 0. The summed E-state index contributed by atoms with van der Waals surface area (Å²) in [6.45, 7) is 7.48. The standard InChI is InChI=1S/C11H18N2O2S/c1-9(2)13(10(3)4)16(14,15)11-6-5-7-12-8-11/h5-10H,1-4H3. The predicted octanol–water partition coefficient (Wildman–Crippen LogP) is 1.89. The number of rotatable bonds is 4. The second kappa shape index (κ2) is 4.93. The van der Waals surface area contributed by atoms with E-state index < -0.39 is 10.0 Å². The highest BCUT2D eigenvalue weighted by atomic mass is 32.2. The number of aromatic nitrogens is 1. The zero-order valence-electron chi connectivity index (χ0n) is 10.1. The van der Waals surface area contributed by atoms with Crippen molar-refractivity contribution in [3.63, 3.8) is 0 Å². The second-order valence-corrected chi connectivity index (χ2v) is 6.05. The number of hydrogen-bond acceptors (Lipinski definition) is 3. The van der Waals surface area contributed by atoms with E-state index in [4.69, 9.17) is 0 Å². The third-order valence-corrected chi connectivity index (χ3v) is 4.46. The Morgan fingerprint density at radius 3 is 2.12 bits per heavy atom. The zero-order valence-corrected chi connectivity index (χ0v) is 10.9. The Morgan fingerprint density at radius 2 is 1.75 bits per heavy atom. The Labute approximate surface area is 97.4 Å². The molecule has 0 aliphatic rings. The molecule has 0 radical (unpaired) electrons. The van der Waals surface area contributed by atoms with Gasteiger partial charge in [0.05, 0.1) is 0 Å². The summed E-state index contributed by atoms with van der Waals surface area (Å²) in [4.78, 5) is 4.09. The molecular formula is C11H18N2O2S. The van der Waals surface area contributed by atoms with Gasteiger partial charge in [0.15, 0.2) is 0 Å².